The maximum Gasteiger partial charge on any atom is 0.330 e. The molecule has 1 N–H and O–H groups in total. The highest BCUT2D eigenvalue weighted by Crippen LogP contribution is 2.38. The SMILES string of the molecule is CCNC1(C(=O)OC)CCc2cc(F)ccc21. The molecule has 0 fully saturated rings. The van der Waals surface area contributed by atoms with Crippen molar-refractivity contribution in [1.82, 2.24) is 5.32 Å². The molecule has 4 heteroatoms. The maximum atomic E-state index is 13.1. The van der Waals surface area contributed by atoms with Gasteiger partial charge in [0.2, 0.25) is 0 Å². The number of esters is 1. The monoisotopic (exact) mass is 237 g/mol. The van der Waals surface area contributed by atoms with Crippen LogP contribution in [-0.2, 0) is 21.5 Å². The highest BCUT2D eigenvalue weighted by molar-refractivity contribution is 5.84. The lowest BCUT2D eigenvalue weighted by molar-refractivity contribution is -0.149. The zero-order chi connectivity index (χ0) is 12.5. The van der Waals surface area contributed by atoms with Crippen molar-refractivity contribution >= 4 is 5.97 Å². The summed E-state index contributed by atoms with van der Waals surface area (Å²) in [5.41, 5.74) is 0.927. The molecule has 1 aliphatic rings. The minimum Gasteiger partial charge on any atom is -0.467 e. The molecule has 3 nitrogen and oxygen atoms in total. The summed E-state index contributed by atoms with van der Waals surface area (Å²) in [5, 5.41) is 3.19. The molecule has 0 aliphatic heterocycles. The first-order chi connectivity index (χ1) is 8.14. The van der Waals surface area contributed by atoms with Crippen LogP contribution in [0.15, 0.2) is 18.2 Å². The largest absolute Gasteiger partial charge is 0.467 e. The van der Waals surface area contributed by atoms with Gasteiger partial charge in [-0.3, -0.25) is 5.32 Å². The molecule has 0 heterocycles. The molecule has 0 aromatic heterocycles. The van der Waals surface area contributed by atoms with Gasteiger partial charge in [0, 0.05) is 0 Å². The van der Waals surface area contributed by atoms with Crippen LogP contribution in [0.5, 0.6) is 0 Å². The van der Waals surface area contributed by atoms with Crippen LogP contribution in [0.3, 0.4) is 0 Å². The quantitative estimate of drug-likeness (QED) is 0.814. The van der Waals surface area contributed by atoms with Crippen LogP contribution < -0.4 is 5.32 Å². The van der Waals surface area contributed by atoms with Crippen molar-refractivity contribution in [3.63, 3.8) is 0 Å². The molecule has 2 rings (SSSR count). The fourth-order valence-electron chi connectivity index (χ4n) is 2.59. The molecule has 0 radical (unpaired) electrons. The molecule has 0 saturated carbocycles. The Balaban J connectivity index is 2.49. The number of likely N-dealkylation sites (N-methyl/N-ethyl adjacent to an activating group) is 1. The summed E-state index contributed by atoms with van der Waals surface area (Å²) in [4.78, 5) is 12.0. The second-order valence-corrected chi connectivity index (χ2v) is 4.23. The standard InChI is InChI=1S/C13H16FNO2/c1-3-15-13(12(16)17-2)7-6-9-8-10(14)4-5-11(9)13/h4-5,8,15H,3,6-7H2,1-2H3. The molecular formula is C13H16FNO2. The topological polar surface area (TPSA) is 38.3 Å². The number of hydrogen-bond acceptors (Lipinski definition) is 3. The van der Waals surface area contributed by atoms with E-state index in [9.17, 15) is 9.18 Å². The smallest absolute Gasteiger partial charge is 0.330 e. The number of carbonyl (C=O) groups is 1. The van der Waals surface area contributed by atoms with Gasteiger partial charge in [-0.25, -0.2) is 9.18 Å². The highest BCUT2D eigenvalue weighted by atomic mass is 19.1. The first-order valence-electron chi connectivity index (χ1n) is 5.76. The minimum atomic E-state index is -0.799. The van der Waals surface area contributed by atoms with E-state index in [1.165, 1.54) is 19.2 Å². The molecule has 0 bridgehead atoms. The van der Waals surface area contributed by atoms with Crippen LogP contribution in [0, 0.1) is 5.82 Å². The molecule has 0 amide bonds. The Kier molecular flexibility index (Phi) is 3.15. The van der Waals surface area contributed by atoms with E-state index in [1.807, 2.05) is 6.92 Å². The van der Waals surface area contributed by atoms with E-state index in [2.05, 4.69) is 5.32 Å². The van der Waals surface area contributed by atoms with E-state index in [0.29, 0.717) is 19.4 Å². The fourth-order valence-corrected chi connectivity index (χ4v) is 2.59. The van der Waals surface area contributed by atoms with Crippen LogP contribution in [0.2, 0.25) is 0 Å². The number of nitrogens with one attached hydrogen (secondary N) is 1. The van der Waals surface area contributed by atoms with Crippen LogP contribution in [0.4, 0.5) is 4.39 Å². The lowest BCUT2D eigenvalue weighted by Crippen LogP contribution is -2.48. The highest BCUT2D eigenvalue weighted by Gasteiger charge is 2.45. The number of rotatable bonds is 3. The van der Waals surface area contributed by atoms with E-state index in [1.54, 1.807) is 6.07 Å². The Morgan fingerprint density at radius 3 is 3.00 bits per heavy atom. The van der Waals surface area contributed by atoms with Gasteiger partial charge in [-0.1, -0.05) is 13.0 Å². The molecular weight excluding hydrogens is 221 g/mol. The summed E-state index contributed by atoms with van der Waals surface area (Å²) in [7, 11) is 1.38. The van der Waals surface area contributed by atoms with Gasteiger partial charge in [0.25, 0.3) is 0 Å². The van der Waals surface area contributed by atoms with Crippen LogP contribution in [0.1, 0.15) is 24.5 Å². The van der Waals surface area contributed by atoms with Gasteiger partial charge >= 0.3 is 5.97 Å². The van der Waals surface area contributed by atoms with Gasteiger partial charge in [-0.05, 0) is 42.6 Å². The van der Waals surface area contributed by atoms with Crippen LogP contribution >= 0.6 is 0 Å². The molecule has 1 aromatic rings. The second-order valence-electron chi connectivity index (χ2n) is 4.23. The zero-order valence-corrected chi connectivity index (χ0v) is 10.0. The average molecular weight is 237 g/mol. The molecule has 17 heavy (non-hydrogen) atoms. The third-order valence-electron chi connectivity index (χ3n) is 3.31. The number of fused-ring (bicyclic) bond motifs is 1. The van der Waals surface area contributed by atoms with Gasteiger partial charge in [0.15, 0.2) is 0 Å². The summed E-state index contributed by atoms with van der Waals surface area (Å²) in [5.74, 6) is -0.564. The first-order valence-corrected chi connectivity index (χ1v) is 5.76. The number of methoxy groups -OCH3 is 1. The Hall–Kier alpha value is -1.42. The summed E-state index contributed by atoms with van der Waals surface area (Å²) in [6.45, 7) is 2.60. The minimum absolute atomic E-state index is 0.263. The van der Waals surface area contributed by atoms with E-state index in [0.717, 1.165) is 11.1 Å². The van der Waals surface area contributed by atoms with E-state index in [-0.39, 0.29) is 11.8 Å². The Morgan fingerprint density at radius 2 is 2.35 bits per heavy atom. The predicted octanol–water partition coefficient (Wildman–Crippen LogP) is 1.75. The van der Waals surface area contributed by atoms with E-state index in [4.69, 9.17) is 4.74 Å². The molecule has 0 saturated heterocycles. The van der Waals surface area contributed by atoms with Crippen molar-refractivity contribution in [2.45, 2.75) is 25.3 Å². The lowest BCUT2D eigenvalue weighted by atomic mass is 9.91. The number of aryl methyl sites for hydroxylation is 1. The van der Waals surface area contributed by atoms with Gasteiger partial charge in [-0.2, -0.15) is 0 Å². The van der Waals surface area contributed by atoms with Crippen molar-refractivity contribution in [1.29, 1.82) is 0 Å². The molecule has 0 spiro atoms. The molecule has 1 aromatic carbocycles. The molecule has 1 aliphatic carbocycles. The van der Waals surface area contributed by atoms with Crippen molar-refractivity contribution in [3.8, 4) is 0 Å². The number of halogens is 1. The normalized spacial score (nSPS) is 22.3. The maximum absolute atomic E-state index is 13.1. The molecule has 1 atom stereocenters. The molecule has 1 unspecified atom stereocenters. The number of benzene rings is 1. The number of carbonyl (C=O) groups excluding carboxylic acids is 1. The Morgan fingerprint density at radius 1 is 1.59 bits per heavy atom. The van der Waals surface area contributed by atoms with Crippen molar-refractivity contribution in [3.05, 3.63) is 35.1 Å². The predicted molar refractivity (Wildman–Crippen MR) is 62.1 cm³/mol. The lowest BCUT2D eigenvalue weighted by Gasteiger charge is -2.28. The Labute approximate surface area is 100.0 Å². The van der Waals surface area contributed by atoms with E-state index < -0.39 is 5.54 Å². The first kappa shape index (κ1) is 12.0. The second kappa shape index (κ2) is 4.45. The van der Waals surface area contributed by atoms with Gasteiger partial charge in [0.05, 0.1) is 7.11 Å². The summed E-state index contributed by atoms with van der Waals surface area (Å²) in [6.07, 6.45) is 1.31. The van der Waals surface area contributed by atoms with Gasteiger partial charge in [-0.15, -0.1) is 0 Å². The van der Waals surface area contributed by atoms with Crippen molar-refractivity contribution < 1.29 is 13.9 Å². The van der Waals surface area contributed by atoms with Crippen molar-refractivity contribution in [2.24, 2.45) is 0 Å². The van der Waals surface area contributed by atoms with Crippen LogP contribution in [-0.4, -0.2) is 19.6 Å². The fraction of sp³-hybridized carbons (Fsp3) is 0.462. The van der Waals surface area contributed by atoms with Crippen LogP contribution in [0.25, 0.3) is 0 Å². The molecule has 92 valence electrons. The third-order valence-corrected chi connectivity index (χ3v) is 3.31. The summed E-state index contributed by atoms with van der Waals surface area (Å²) < 4.78 is 18.0. The summed E-state index contributed by atoms with van der Waals surface area (Å²) in [6, 6.07) is 4.56. The van der Waals surface area contributed by atoms with E-state index >= 15 is 0 Å². The van der Waals surface area contributed by atoms with Crippen molar-refractivity contribution in [2.75, 3.05) is 13.7 Å². The number of hydrogen-bond donors (Lipinski definition) is 1. The Bertz CT molecular complexity index is 447. The van der Waals surface area contributed by atoms with Gasteiger partial charge < -0.3 is 4.74 Å². The third kappa shape index (κ3) is 1.82. The average Bonchev–Trinajstić information content (AvgIpc) is 2.68. The number of ether oxygens (including phenoxy) is 1. The zero-order valence-electron chi connectivity index (χ0n) is 10.0. The van der Waals surface area contributed by atoms with Gasteiger partial charge in [0.1, 0.15) is 11.4 Å². The summed E-state index contributed by atoms with van der Waals surface area (Å²) >= 11 is 0.